The van der Waals surface area contributed by atoms with Crippen LogP contribution in [0.15, 0.2) is 6.07 Å². The van der Waals surface area contributed by atoms with Crippen LogP contribution in [0.1, 0.15) is 18.6 Å². The van der Waals surface area contributed by atoms with Crippen molar-refractivity contribution < 1.29 is 23.7 Å². The van der Waals surface area contributed by atoms with E-state index in [-0.39, 0.29) is 17.1 Å². The van der Waals surface area contributed by atoms with Gasteiger partial charge in [-0.15, -0.1) is 0 Å². The lowest BCUT2D eigenvalue weighted by atomic mass is 10.1. The predicted octanol–water partition coefficient (Wildman–Crippen LogP) is 1.66. The van der Waals surface area contributed by atoms with Crippen molar-refractivity contribution in [2.75, 3.05) is 20.3 Å². The van der Waals surface area contributed by atoms with Gasteiger partial charge in [0.1, 0.15) is 13.2 Å². The van der Waals surface area contributed by atoms with Crippen LogP contribution in [0.25, 0.3) is 0 Å². The van der Waals surface area contributed by atoms with E-state index in [0.717, 1.165) is 0 Å². The zero-order valence-electron chi connectivity index (χ0n) is 9.12. The SMILES string of the molecule is COc1cc2c(c(C(C)O)c1F)OCCO2. The fourth-order valence-electron chi connectivity index (χ4n) is 1.69. The Morgan fingerprint density at radius 2 is 2.12 bits per heavy atom. The molecule has 0 radical (unpaired) electrons. The first-order valence-electron chi connectivity index (χ1n) is 4.99. The van der Waals surface area contributed by atoms with Crippen molar-refractivity contribution >= 4 is 0 Å². The van der Waals surface area contributed by atoms with Gasteiger partial charge in [0.2, 0.25) is 0 Å². The van der Waals surface area contributed by atoms with Gasteiger partial charge in [0.05, 0.1) is 18.8 Å². The predicted molar refractivity (Wildman–Crippen MR) is 54.6 cm³/mol. The first kappa shape index (κ1) is 11.0. The number of aliphatic hydroxyl groups excluding tert-OH is 1. The second kappa shape index (κ2) is 4.17. The van der Waals surface area contributed by atoms with Crippen molar-refractivity contribution in [1.29, 1.82) is 0 Å². The highest BCUT2D eigenvalue weighted by Gasteiger charge is 2.26. The van der Waals surface area contributed by atoms with Crippen molar-refractivity contribution in [2.45, 2.75) is 13.0 Å². The molecule has 4 nitrogen and oxygen atoms in total. The Hall–Kier alpha value is -1.49. The van der Waals surface area contributed by atoms with Gasteiger partial charge in [-0.2, -0.15) is 0 Å². The van der Waals surface area contributed by atoms with Gasteiger partial charge in [-0.05, 0) is 6.92 Å². The Kier molecular flexibility index (Phi) is 2.87. The molecular weight excluding hydrogens is 215 g/mol. The van der Waals surface area contributed by atoms with Crippen LogP contribution in [0, 0.1) is 5.82 Å². The van der Waals surface area contributed by atoms with Gasteiger partial charge >= 0.3 is 0 Å². The molecule has 1 atom stereocenters. The number of halogens is 1. The summed E-state index contributed by atoms with van der Waals surface area (Å²) < 4.78 is 29.4. The third-order valence-corrected chi connectivity index (χ3v) is 2.41. The van der Waals surface area contributed by atoms with E-state index in [2.05, 4.69) is 0 Å². The van der Waals surface area contributed by atoms with Crippen LogP contribution in [-0.4, -0.2) is 25.4 Å². The van der Waals surface area contributed by atoms with Gasteiger partial charge in [-0.3, -0.25) is 0 Å². The Labute approximate surface area is 92.6 Å². The highest BCUT2D eigenvalue weighted by atomic mass is 19.1. The molecule has 1 aromatic carbocycles. The highest BCUT2D eigenvalue weighted by Crippen LogP contribution is 2.42. The quantitative estimate of drug-likeness (QED) is 0.836. The van der Waals surface area contributed by atoms with Crippen LogP contribution in [0.4, 0.5) is 4.39 Å². The van der Waals surface area contributed by atoms with Gasteiger partial charge in [0.15, 0.2) is 23.1 Å². The topological polar surface area (TPSA) is 47.9 Å². The molecule has 88 valence electrons. The smallest absolute Gasteiger partial charge is 0.174 e. The molecule has 0 spiro atoms. The van der Waals surface area contributed by atoms with Crippen LogP contribution in [0.3, 0.4) is 0 Å². The zero-order valence-corrected chi connectivity index (χ0v) is 9.12. The summed E-state index contributed by atoms with van der Waals surface area (Å²) in [7, 11) is 1.36. The maximum atomic E-state index is 13.9. The van der Waals surface area contributed by atoms with Crippen molar-refractivity contribution in [3.05, 3.63) is 17.4 Å². The van der Waals surface area contributed by atoms with Crippen LogP contribution >= 0.6 is 0 Å². The Morgan fingerprint density at radius 1 is 1.44 bits per heavy atom. The molecule has 16 heavy (non-hydrogen) atoms. The van der Waals surface area contributed by atoms with Crippen LogP contribution in [0.5, 0.6) is 17.2 Å². The van der Waals surface area contributed by atoms with Gasteiger partial charge in [0.25, 0.3) is 0 Å². The van der Waals surface area contributed by atoms with Gasteiger partial charge in [-0.25, -0.2) is 4.39 Å². The summed E-state index contributed by atoms with van der Waals surface area (Å²) in [5.41, 5.74) is 0.0778. The van der Waals surface area contributed by atoms with E-state index in [9.17, 15) is 9.50 Å². The minimum atomic E-state index is -0.981. The van der Waals surface area contributed by atoms with Crippen molar-refractivity contribution in [1.82, 2.24) is 0 Å². The Balaban J connectivity index is 2.62. The van der Waals surface area contributed by atoms with Crippen molar-refractivity contribution in [3.8, 4) is 17.2 Å². The molecule has 0 bridgehead atoms. The average molecular weight is 228 g/mol. The summed E-state index contributed by atoms with van der Waals surface area (Å²) in [4.78, 5) is 0. The largest absolute Gasteiger partial charge is 0.494 e. The molecule has 1 aromatic rings. The number of hydrogen-bond acceptors (Lipinski definition) is 4. The molecule has 1 aliphatic heterocycles. The molecule has 0 aromatic heterocycles. The van der Waals surface area contributed by atoms with E-state index in [4.69, 9.17) is 14.2 Å². The molecule has 0 saturated carbocycles. The standard InChI is InChI=1S/C11H13FO4/c1-6(13)9-10(12)7(14-2)5-8-11(9)16-4-3-15-8/h5-6,13H,3-4H2,1-2H3. The lowest BCUT2D eigenvalue weighted by Crippen LogP contribution is -2.18. The minimum Gasteiger partial charge on any atom is -0.494 e. The van der Waals surface area contributed by atoms with E-state index >= 15 is 0 Å². The summed E-state index contributed by atoms with van der Waals surface area (Å²) in [6.07, 6.45) is -0.981. The molecule has 0 amide bonds. The Morgan fingerprint density at radius 3 is 2.75 bits per heavy atom. The lowest BCUT2D eigenvalue weighted by Gasteiger charge is -2.23. The van der Waals surface area contributed by atoms with Gasteiger partial charge in [-0.1, -0.05) is 0 Å². The lowest BCUT2D eigenvalue weighted by molar-refractivity contribution is 0.148. The number of methoxy groups -OCH3 is 1. The third kappa shape index (κ3) is 1.67. The van der Waals surface area contributed by atoms with Crippen molar-refractivity contribution in [3.63, 3.8) is 0 Å². The second-order valence-electron chi connectivity index (χ2n) is 3.51. The minimum absolute atomic E-state index is 0.0418. The van der Waals surface area contributed by atoms with Crippen LogP contribution in [0.2, 0.25) is 0 Å². The molecule has 0 saturated heterocycles. The van der Waals surface area contributed by atoms with Gasteiger partial charge in [0, 0.05) is 6.07 Å². The van der Waals surface area contributed by atoms with E-state index in [1.807, 2.05) is 0 Å². The summed E-state index contributed by atoms with van der Waals surface area (Å²) >= 11 is 0. The number of benzene rings is 1. The molecule has 2 rings (SSSR count). The first-order valence-corrected chi connectivity index (χ1v) is 4.99. The normalized spacial score (nSPS) is 15.8. The summed E-state index contributed by atoms with van der Waals surface area (Å²) in [5, 5.41) is 9.55. The molecule has 1 heterocycles. The van der Waals surface area contributed by atoms with Crippen molar-refractivity contribution in [2.24, 2.45) is 0 Å². The summed E-state index contributed by atoms with van der Waals surface area (Å²) in [6, 6.07) is 1.43. The molecule has 0 fully saturated rings. The van der Waals surface area contributed by atoms with E-state index in [1.54, 1.807) is 0 Å². The number of ether oxygens (including phenoxy) is 3. The fraction of sp³-hybridized carbons (Fsp3) is 0.455. The summed E-state index contributed by atoms with van der Waals surface area (Å²) in [6.45, 7) is 2.22. The molecular formula is C11H13FO4. The number of hydrogen-bond donors (Lipinski definition) is 1. The average Bonchev–Trinajstić information content (AvgIpc) is 2.27. The number of fused-ring (bicyclic) bond motifs is 1. The fourth-order valence-corrected chi connectivity index (χ4v) is 1.69. The molecule has 5 heteroatoms. The second-order valence-corrected chi connectivity index (χ2v) is 3.51. The molecule has 1 N–H and O–H groups in total. The Bertz CT molecular complexity index is 403. The van der Waals surface area contributed by atoms with E-state index in [1.165, 1.54) is 20.1 Å². The highest BCUT2D eigenvalue weighted by molar-refractivity contribution is 5.54. The van der Waals surface area contributed by atoms with Gasteiger partial charge < -0.3 is 19.3 Å². The first-order chi connectivity index (χ1) is 7.65. The number of rotatable bonds is 2. The van der Waals surface area contributed by atoms with Crippen LogP contribution < -0.4 is 14.2 Å². The maximum Gasteiger partial charge on any atom is 0.174 e. The number of aliphatic hydroxyl groups is 1. The monoisotopic (exact) mass is 228 g/mol. The van der Waals surface area contributed by atoms with E-state index in [0.29, 0.717) is 19.0 Å². The van der Waals surface area contributed by atoms with E-state index < -0.39 is 11.9 Å². The zero-order chi connectivity index (χ0) is 11.7. The molecule has 1 aliphatic rings. The maximum absolute atomic E-state index is 13.9. The summed E-state index contributed by atoms with van der Waals surface area (Å²) in [5.74, 6) is 0.0989. The molecule has 0 aliphatic carbocycles. The molecule has 1 unspecified atom stereocenters. The van der Waals surface area contributed by atoms with Crippen LogP contribution in [-0.2, 0) is 0 Å². The third-order valence-electron chi connectivity index (χ3n) is 2.41.